The largest absolute Gasteiger partial charge is 0.496 e. The molecule has 5 nitrogen and oxygen atoms in total. The maximum Gasteiger partial charge on any atom is 0.258 e. The number of hydrogen-bond donors (Lipinski definition) is 1. The molecule has 1 amide bonds. The van der Waals surface area contributed by atoms with Gasteiger partial charge in [-0.15, -0.1) is 0 Å². The van der Waals surface area contributed by atoms with E-state index < -0.39 is 5.60 Å². The molecule has 1 aliphatic heterocycles. The average Bonchev–Trinajstić information content (AvgIpc) is 2.84. The predicted molar refractivity (Wildman–Crippen MR) is 128 cm³/mol. The molecule has 4 rings (SSSR count). The van der Waals surface area contributed by atoms with E-state index >= 15 is 0 Å². The van der Waals surface area contributed by atoms with E-state index in [2.05, 4.69) is 43.0 Å². The lowest BCUT2D eigenvalue weighted by Gasteiger charge is -2.52. The fraction of sp³-hybridized carbons (Fsp3) is 0.519. The van der Waals surface area contributed by atoms with E-state index in [0.717, 1.165) is 44.3 Å². The van der Waals surface area contributed by atoms with Crippen molar-refractivity contribution in [2.24, 2.45) is 5.92 Å². The Kier molecular flexibility index (Phi) is 6.75. The molecular formula is C27H36N2O3. The van der Waals surface area contributed by atoms with Crippen molar-refractivity contribution < 1.29 is 14.6 Å². The van der Waals surface area contributed by atoms with Gasteiger partial charge in [-0.1, -0.05) is 37.1 Å². The zero-order valence-corrected chi connectivity index (χ0v) is 19.6. The Morgan fingerprint density at radius 2 is 1.81 bits per heavy atom. The van der Waals surface area contributed by atoms with Crippen LogP contribution in [0.4, 0.5) is 5.69 Å². The fourth-order valence-electron chi connectivity index (χ4n) is 5.77. The highest BCUT2D eigenvalue weighted by Crippen LogP contribution is 2.50. The van der Waals surface area contributed by atoms with Crippen molar-refractivity contribution in [2.75, 3.05) is 31.6 Å². The number of methoxy groups -OCH3 is 1. The molecule has 2 fully saturated rings. The predicted octanol–water partition coefficient (Wildman–Crippen LogP) is 5.05. The van der Waals surface area contributed by atoms with Crippen LogP contribution in [0.5, 0.6) is 5.75 Å². The van der Waals surface area contributed by atoms with Crippen LogP contribution in [-0.4, -0.2) is 48.3 Å². The number of nitrogens with zero attached hydrogens (tertiary/aromatic N) is 2. The van der Waals surface area contributed by atoms with Crippen LogP contribution < -0.4 is 9.64 Å². The van der Waals surface area contributed by atoms with Gasteiger partial charge in [0.1, 0.15) is 5.75 Å². The minimum Gasteiger partial charge on any atom is -0.496 e. The van der Waals surface area contributed by atoms with Gasteiger partial charge in [-0.2, -0.15) is 0 Å². The number of hydrogen-bond acceptors (Lipinski definition) is 4. The molecule has 0 bridgehead atoms. The third-order valence-corrected chi connectivity index (χ3v) is 7.53. The molecule has 2 aliphatic rings. The number of carbonyl (C=O) groups is 1. The summed E-state index contributed by atoms with van der Waals surface area (Å²) in [5.74, 6) is 0.619. The van der Waals surface area contributed by atoms with E-state index in [1.807, 2.05) is 29.2 Å². The van der Waals surface area contributed by atoms with Crippen LogP contribution in [0.2, 0.25) is 0 Å². The van der Waals surface area contributed by atoms with Crippen LogP contribution in [-0.2, 0) is 0 Å². The average molecular weight is 437 g/mol. The summed E-state index contributed by atoms with van der Waals surface area (Å²) in [5, 5.41) is 11.5. The monoisotopic (exact) mass is 436 g/mol. The summed E-state index contributed by atoms with van der Waals surface area (Å²) in [6.07, 6.45) is 4.54. The number of rotatable bonds is 6. The Bertz CT molecular complexity index is 925. The fourth-order valence-corrected chi connectivity index (χ4v) is 5.77. The van der Waals surface area contributed by atoms with E-state index in [9.17, 15) is 9.90 Å². The molecule has 1 saturated heterocycles. The van der Waals surface area contributed by atoms with E-state index in [-0.39, 0.29) is 17.9 Å². The van der Waals surface area contributed by atoms with Crippen molar-refractivity contribution in [1.29, 1.82) is 0 Å². The lowest BCUT2D eigenvalue weighted by atomic mass is 9.66. The normalized spacial score (nSPS) is 25.2. The van der Waals surface area contributed by atoms with Gasteiger partial charge in [-0.05, 0) is 62.9 Å². The summed E-state index contributed by atoms with van der Waals surface area (Å²) in [6, 6.07) is 15.9. The third kappa shape index (κ3) is 4.11. The number of para-hydroxylation sites is 1. The van der Waals surface area contributed by atoms with Gasteiger partial charge in [0.15, 0.2) is 0 Å². The molecular weight excluding hydrogens is 400 g/mol. The molecule has 1 aliphatic carbocycles. The van der Waals surface area contributed by atoms with Gasteiger partial charge in [0.2, 0.25) is 0 Å². The molecule has 2 aromatic rings. The Balaban J connectivity index is 1.73. The van der Waals surface area contributed by atoms with Gasteiger partial charge in [-0.25, -0.2) is 0 Å². The SMILES string of the molecule is CCN(CC)c1ccc([C@H]2[C@H]3CCCC[C@]3(O)CCN2C(=O)c2ccccc2OC)cc1. The van der Waals surface area contributed by atoms with E-state index in [4.69, 9.17) is 4.74 Å². The number of anilines is 1. The molecule has 3 atom stereocenters. The lowest BCUT2D eigenvalue weighted by molar-refractivity contribution is -0.115. The topological polar surface area (TPSA) is 53.0 Å². The van der Waals surface area contributed by atoms with Gasteiger partial charge in [-0.3, -0.25) is 4.79 Å². The highest BCUT2D eigenvalue weighted by molar-refractivity contribution is 5.97. The van der Waals surface area contributed by atoms with Gasteiger partial charge in [0, 0.05) is 31.2 Å². The second-order valence-corrected chi connectivity index (χ2v) is 9.11. The second kappa shape index (κ2) is 9.53. The summed E-state index contributed by atoms with van der Waals surface area (Å²) >= 11 is 0. The van der Waals surface area contributed by atoms with Crippen molar-refractivity contribution in [1.82, 2.24) is 4.90 Å². The molecule has 0 spiro atoms. The Morgan fingerprint density at radius 3 is 2.50 bits per heavy atom. The number of ether oxygens (including phenoxy) is 1. The van der Waals surface area contributed by atoms with Crippen LogP contribution >= 0.6 is 0 Å². The molecule has 1 saturated carbocycles. The van der Waals surface area contributed by atoms with Crippen molar-refractivity contribution in [3.63, 3.8) is 0 Å². The number of aliphatic hydroxyl groups is 1. The zero-order valence-electron chi connectivity index (χ0n) is 19.6. The molecule has 0 unspecified atom stereocenters. The minimum atomic E-state index is -0.696. The summed E-state index contributed by atoms with van der Waals surface area (Å²) in [7, 11) is 1.60. The Labute approximate surface area is 192 Å². The lowest BCUT2D eigenvalue weighted by Crippen LogP contribution is -2.56. The van der Waals surface area contributed by atoms with Crippen molar-refractivity contribution in [2.45, 2.75) is 57.6 Å². The van der Waals surface area contributed by atoms with Crippen LogP contribution in [0.1, 0.15) is 67.9 Å². The zero-order chi connectivity index (χ0) is 22.7. The first-order valence-corrected chi connectivity index (χ1v) is 12.0. The molecule has 0 radical (unpaired) electrons. The first-order valence-electron chi connectivity index (χ1n) is 12.0. The molecule has 5 heteroatoms. The number of benzene rings is 2. The standard InChI is InChI=1S/C27H36N2O3/c1-4-28(5-2)21-15-13-20(14-16-21)25-23-11-8-9-17-27(23,31)18-19-29(25)26(30)22-10-6-7-12-24(22)32-3/h6-7,10,12-16,23,25,31H,4-5,8-9,11,17-19H2,1-3H3/t23-,25+,27+/m1/s1. The highest BCUT2D eigenvalue weighted by Gasteiger charge is 2.50. The van der Waals surface area contributed by atoms with Crippen molar-refractivity contribution >= 4 is 11.6 Å². The summed E-state index contributed by atoms with van der Waals surface area (Å²) in [5.41, 5.74) is 2.18. The first-order chi connectivity index (χ1) is 15.5. The molecule has 1 heterocycles. The molecule has 1 N–H and O–H groups in total. The maximum absolute atomic E-state index is 13.8. The van der Waals surface area contributed by atoms with Crippen LogP contribution in [0.15, 0.2) is 48.5 Å². The number of amides is 1. The molecule has 2 aromatic carbocycles. The highest BCUT2D eigenvalue weighted by atomic mass is 16.5. The van der Waals surface area contributed by atoms with E-state index in [1.54, 1.807) is 7.11 Å². The number of piperidine rings is 1. The van der Waals surface area contributed by atoms with Crippen molar-refractivity contribution in [3.8, 4) is 5.75 Å². The number of fused-ring (bicyclic) bond motifs is 1. The maximum atomic E-state index is 13.8. The van der Waals surface area contributed by atoms with E-state index in [1.165, 1.54) is 5.69 Å². The quantitative estimate of drug-likeness (QED) is 0.688. The van der Waals surface area contributed by atoms with Crippen molar-refractivity contribution in [3.05, 3.63) is 59.7 Å². The molecule has 32 heavy (non-hydrogen) atoms. The smallest absolute Gasteiger partial charge is 0.258 e. The first kappa shape index (κ1) is 22.7. The summed E-state index contributed by atoms with van der Waals surface area (Å²) in [6.45, 7) is 6.79. The van der Waals surface area contributed by atoms with E-state index in [0.29, 0.717) is 24.3 Å². The van der Waals surface area contributed by atoms with Crippen LogP contribution in [0, 0.1) is 5.92 Å². The second-order valence-electron chi connectivity index (χ2n) is 9.11. The van der Waals surface area contributed by atoms with Crippen LogP contribution in [0.3, 0.4) is 0 Å². The Hall–Kier alpha value is -2.53. The van der Waals surface area contributed by atoms with Gasteiger partial charge in [0.25, 0.3) is 5.91 Å². The third-order valence-electron chi connectivity index (χ3n) is 7.53. The van der Waals surface area contributed by atoms with Gasteiger partial charge in [0.05, 0.1) is 24.3 Å². The summed E-state index contributed by atoms with van der Waals surface area (Å²) < 4.78 is 5.49. The van der Waals surface area contributed by atoms with Crippen LogP contribution in [0.25, 0.3) is 0 Å². The summed E-state index contributed by atoms with van der Waals surface area (Å²) in [4.78, 5) is 18.1. The molecule has 0 aromatic heterocycles. The number of carbonyl (C=O) groups excluding carboxylic acids is 1. The van der Waals surface area contributed by atoms with Gasteiger partial charge < -0.3 is 19.6 Å². The Morgan fingerprint density at radius 1 is 1.09 bits per heavy atom. The molecule has 172 valence electrons. The van der Waals surface area contributed by atoms with Gasteiger partial charge >= 0.3 is 0 Å². The number of likely N-dealkylation sites (tertiary alicyclic amines) is 1. The minimum absolute atomic E-state index is 0.0205.